The van der Waals surface area contributed by atoms with E-state index in [1.165, 1.54) is 4.90 Å². The van der Waals surface area contributed by atoms with E-state index in [0.717, 1.165) is 19.1 Å². The number of nitrogens with one attached hydrogen (secondary N) is 1. The summed E-state index contributed by atoms with van der Waals surface area (Å²) >= 11 is 0. The van der Waals surface area contributed by atoms with Crippen LogP contribution in [0.2, 0.25) is 0 Å². The van der Waals surface area contributed by atoms with Crippen LogP contribution in [0.4, 0.5) is 17.1 Å². The lowest BCUT2D eigenvalue weighted by atomic mass is 10.2. The Hall–Kier alpha value is -2.76. The Morgan fingerprint density at radius 3 is 1.81 bits per heavy atom. The molecule has 1 amide bonds. The van der Waals surface area contributed by atoms with Crippen molar-refractivity contribution in [1.29, 1.82) is 0 Å². The molecular weight excluding hydrogens is 368 g/mol. The Balaban J connectivity index is 3.78. The minimum atomic E-state index is -4.47. The zero-order valence-corrected chi connectivity index (χ0v) is 15.4. The van der Waals surface area contributed by atoms with E-state index in [1.54, 1.807) is 4.72 Å². The first-order valence-corrected chi connectivity index (χ1v) is 9.28. The molecule has 11 nitrogen and oxygen atoms in total. The second-order valence-corrected chi connectivity index (χ2v) is 7.16. The van der Waals surface area contributed by atoms with Gasteiger partial charge in [0.25, 0.3) is 10.0 Å². The fourth-order valence-corrected chi connectivity index (χ4v) is 3.49. The van der Waals surface area contributed by atoms with Crippen molar-refractivity contribution in [2.75, 3.05) is 18.0 Å². The van der Waals surface area contributed by atoms with Crippen molar-refractivity contribution >= 4 is 33.0 Å². The van der Waals surface area contributed by atoms with Gasteiger partial charge in [-0.25, -0.2) is 13.1 Å². The number of hydrogen-bond acceptors (Lipinski definition) is 8. The van der Waals surface area contributed by atoms with Gasteiger partial charge in [0, 0.05) is 32.1 Å². The van der Waals surface area contributed by atoms with Gasteiger partial charge in [0.05, 0.1) is 9.85 Å². The molecule has 0 aromatic heterocycles. The quantitative estimate of drug-likeness (QED) is 0.497. The smallest absolute Gasteiger partial charge is 0.301 e. The predicted molar refractivity (Wildman–Crippen MR) is 93.5 cm³/mol. The third-order valence-corrected chi connectivity index (χ3v) is 4.74. The normalized spacial score (nSPS) is 11.0. The Morgan fingerprint density at radius 2 is 1.50 bits per heavy atom. The molecule has 1 N–H and O–H groups in total. The predicted octanol–water partition coefficient (Wildman–Crippen LogP) is 1.95. The number of sulfonamides is 1. The Kier molecular flexibility index (Phi) is 7.01. The van der Waals surface area contributed by atoms with Crippen LogP contribution in [0.5, 0.6) is 0 Å². The van der Waals surface area contributed by atoms with Crippen LogP contribution in [-0.4, -0.2) is 37.3 Å². The molecule has 0 bridgehead atoms. The molecule has 0 heterocycles. The van der Waals surface area contributed by atoms with Crippen LogP contribution in [0.25, 0.3) is 0 Å². The molecule has 0 spiro atoms. The molecule has 0 saturated heterocycles. The van der Waals surface area contributed by atoms with Gasteiger partial charge in [0.1, 0.15) is 4.90 Å². The SMILES string of the molecule is CCCN(CCC)c1c([N+](=O)[O-])cc(S(=O)(=O)NC(C)=O)cc1[N+](=O)[O-]. The minimum Gasteiger partial charge on any atom is -0.360 e. The number of benzene rings is 1. The maximum absolute atomic E-state index is 12.1. The molecule has 12 heteroatoms. The molecule has 0 fully saturated rings. The van der Waals surface area contributed by atoms with E-state index in [2.05, 4.69) is 0 Å². The fourth-order valence-electron chi connectivity index (χ4n) is 2.46. The standard InChI is InChI=1S/C14H20N4O7S/c1-4-6-16(7-5-2)14-12(17(20)21)8-11(9-13(14)18(22)23)26(24,25)15-10(3)19/h8-9H,4-7H2,1-3H3,(H,15,19). The molecule has 0 radical (unpaired) electrons. The molecule has 1 rings (SSSR count). The fraction of sp³-hybridized carbons (Fsp3) is 0.500. The number of anilines is 1. The molecule has 144 valence electrons. The van der Waals surface area contributed by atoms with Crippen molar-refractivity contribution in [3.63, 3.8) is 0 Å². The van der Waals surface area contributed by atoms with Gasteiger partial charge < -0.3 is 4.90 Å². The number of nitro benzene ring substituents is 2. The third kappa shape index (κ3) is 4.88. The highest BCUT2D eigenvalue weighted by atomic mass is 32.2. The van der Waals surface area contributed by atoms with E-state index in [4.69, 9.17) is 0 Å². The summed E-state index contributed by atoms with van der Waals surface area (Å²) in [5.41, 5.74) is -1.65. The van der Waals surface area contributed by atoms with Crippen LogP contribution in [0.3, 0.4) is 0 Å². The van der Waals surface area contributed by atoms with Gasteiger partial charge in [-0.3, -0.25) is 25.0 Å². The number of amides is 1. The highest BCUT2D eigenvalue weighted by molar-refractivity contribution is 7.90. The number of carbonyl (C=O) groups is 1. The van der Waals surface area contributed by atoms with Crippen molar-refractivity contribution in [3.8, 4) is 0 Å². The first-order valence-electron chi connectivity index (χ1n) is 7.80. The van der Waals surface area contributed by atoms with Gasteiger partial charge >= 0.3 is 11.4 Å². The maximum Gasteiger partial charge on any atom is 0.301 e. The lowest BCUT2D eigenvalue weighted by Crippen LogP contribution is -2.29. The average Bonchev–Trinajstić information content (AvgIpc) is 2.52. The highest BCUT2D eigenvalue weighted by Crippen LogP contribution is 2.40. The number of nitro groups is 2. The van der Waals surface area contributed by atoms with Crippen molar-refractivity contribution in [3.05, 3.63) is 32.4 Å². The Labute approximate surface area is 150 Å². The summed E-state index contributed by atoms with van der Waals surface area (Å²) in [6, 6.07) is 1.46. The van der Waals surface area contributed by atoms with Gasteiger partial charge in [0.2, 0.25) is 5.91 Å². The van der Waals surface area contributed by atoms with Crippen LogP contribution >= 0.6 is 0 Å². The lowest BCUT2D eigenvalue weighted by molar-refractivity contribution is -0.393. The summed E-state index contributed by atoms with van der Waals surface area (Å²) in [6.45, 7) is 5.23. The number of rotatable bonds is 9. The molecule has 0 aliphatic heterocycles. The molecule has 0 atom stereocenters. The van der Waals surface area contributed by atoms with Crippen LogP contribution in [0, 0.1) is 20.2 Å². The number of hydrogen-bond donors (Lipinski definition) is 1. The molecule has 0 unspecified atom stereocenters. The van der Waals surface area contributed by atoms with Crippen molar-refractivity contribution in [2.24, 2.45) is 0 Å². The van der Waals surface area contributed by atoms with Crippen molar-refractivity contribution in [2.45, 2.75) is 38.5 Å². The van der Waals surface area contributed by atoms with Gasteiger partial charge in [-0.2, -0.15) is 0 Å². The highest BCUT2D eigenvalue weighted by Gasteiger charge is 2.33. The minimum absolute atomic E-state index is 0.245. The van der Waals surface area contributed by atoms with Gasteiger partial charge in [-0.15, -0.1) is 0 Å². The van der Waals surface area contributed by atoms with Gasteiger partial charge in [-0.1, -0.05) is 13.8 Å². The molecule has 0 saturated carbocycles. The van der Waals surface area contributed by atoms with E-state index in [-0.39, 0.29) is 5.69 Å². The summed E-state index contributed by atoms with van der Waals surface area (Å²) in [6.07, 6.45) is 1.17. The van der Waals surface area contributed by atoms with Crippen LogP contribution in [-0.2, 0) is 14.8 Å². The van der Waals surface area contributed by atoms with E-state index >= 15 is 0 Å². The zero-order chi connectivity index (χ0) is 20.1. The largest absolute Gasteiger partial charge is 0.360 e. The first kappa shape index (κ1) is 21.3. The second kappa shape index (κ2) is 8.56. The Bertz CT molecular complexity index is 782. The van der Waals surface area contributed by atoms with Crippen LogP contribution in [0.15, 0.2) is 17.0 Å². The van der Waals surface area contributed by atoms with E-state index in [0.29, 0.717) is 25.9 Å². The van der Waals surface area contributed by atoms with Crippen LogP contribution in [0.1, 0.15) is 33.6 Å². The molecule has 0 aliphatic rings. The zero-order valence-electron chi connectivity index (χ0n) is 14.6. The van der Waals surface area contributed by atoms with Crippen molar-refractivity contribution < 1.29 is 23.1 Å². The topological polar surface area (TPSA) is 153 Å². The number of nitrogens with zero attached hydrogens (tertiary/aromatic N) is 3. The van der Waals surface area contributed by atoms with E-state index in [9.17, 15) is 33.4 Å². The molecule has 1 aromatic rings. The second-order valence-electron chi connectivity index (χ2n) is 5.47. The molecule has 1 aromatic carbocycles. The van der Waals surface area contributed by atoms with Gasteiger partial charge in [-0.05, 0) is 12.8 Å². The maximum atomic E-state index is 12.1. The lowest BCUT2D eigenvalue weighted by Gasteiger charge is -2.23. The van der Waals surface area contributed by atoms with Crippen LogP contribution < -0.4 is 9.62 Å². The summed E-state index contributed by atoms with van der Waals surface area (Å²) in [5.74, 6) is -0.919. The molecule has 0 aliphatic carbocycles. The Morgan fingerprint density at radius 1 is 1.08 bits per heavy atom. The summed E-state index contributed by atoms with van der Waals surface area (Å²) in [7, 11) is -4.47. The molecular formula is C14H20N4O7S. The van der Waals surface area contributed by atoms with Crippen molar-refractivity contribution in [1.82, 2.24) is 4.72 Å². The first-order chi connectivity index (χ1) is 12.0. The number of carbonyl (C=O) groups excluding carboxylic acids is 1. The monoisotopic (exact) mass is 388 g/mol. The van der Waals surface area contributed by atoms with E-state index < -0.39 is 42.0 Å². The average molecular weight is 388 g/mol. The van der Waals surface area contributed by atoms with E-state index in [1.807, 2.05) is 13.8 Å². The third-order valence-electron chi connectivity index (χ3n) is 3.33. The summed E-state index contributed by atoms with van der Waals surface area (Å²) < 4.78 is 25.9. The summed E-state index contributed by atoms with van der Waals surface area (Å²) in [4.78, 5) is 33.1. The summed E-state index contributed by atoms with van der Waals surface area (Å²) in [5, 5.41) is 23.0. The molecule has 26 heavy (non-hydrogen) atoms. The van der Waals surface area contributed by atoms with Gasteiger partial charge in [0.15, 0.2) is 5.69 Å².